The van der Waals surface area contributed by atoms with Gasteiger partial charge in [-0.1, -0.05) is 0 Å². The van der Waals surface area contributed by atoms with Crippen molar-refractivity contribution in [3.8, 4) is 0 Å². The van der Waals surface area contributed by atoms with E-state index in [9.17, 15) is 13.2 Å². The molecule has 0 unspecified atom stereocenters. The fraction of sp³-hybridized carbons (Fsp3) is 0.909. The molecule has 0 aliphatic carbocycles. The number of amides is 1. The molecule has 0 heterocycles. The van der Waals surface area contributed by atoms with E-state index in [1.165, 1.54) is 0 Å². The van der Waals surface area contributed by atoms with Crippen LogP contribution in [0, 0.1) is 0 Å². The Bertz CT molecular complexity index is 329. The first-order valence-corrected chi connectivity index (χ1v) is 8.46. The van der Waals surface area contributed by atoms with Crippen LogP contribution in [0.5, 0.6) is 0 Å². The highest BCUT2D eigenvalue weighted by Gasteiger charge is 2.12. The van der Waals surface area contributed by atoms with Crippen LogP contribution in [0.2, 0.25) is 0 Å². The Labute approximate surface area is 115 Å². The maximum atomic E-state index is 11.6. The van der Waals surface area contributed by atoms with Gasteiger partial charge in [-0.25, -0.2) is 13.1 Å². The number of alkyl halides is 1. The molecule has 0 spiro atoms. The molecule has 0 aromatic rings. The molecular formula is C11H23ClN2O3S. The summed E-state index contributed by atoms with van der Waals surface area (Å²) < 4.78 is 25.5. The summed E-state index contributed by atoms with van der Waals surface area (Å²) in [7, 11) is -3.27. The third kappa shape index (κ3) is 7.89. The molecule has 0 aliphatic rings. The van der Waals surface area contributed by atoms with Crippen LogP contribution in [-0.4, -0.2) is 50.5 Å². The number of unbranched alkanes of at least 4 members (excludes halogenated alkanes) is 1. The second-order valence-corrected chi connectivity index (χ2v) is 6.23. The lowest BCUT2D eigenvalue weighted by atomic mass is 10.3. The van der Waals surface area contributed by atoms with E-state index >= 15 is 0 Å². The first-order chi connectivity index (χ1) is 8.46. The molecule has 0 saturated carbocycles. The van der Waals surface area contributed by atoms with Gasteiger partial charge in [0.05, 0.1) is 5.75 Å². The highest BCUT2D eigenvalue weighted by atomic mass is 35.5. The first-order valence-electron chi connectivity index (χ1n) is 6.27. The Kier molecular flexibility index (Phi) is 9.40. The van der Waals surface area contributed by atoms with Crippen molar-refractivity contribution in [1.29, 1.82) is 0 Å². The van der Waals surface area contributed by atoms with Gasteiger partial charge in [-0.15, -0.1) is 11.6 Å². The minimum absolute atomic E-state index is 0.0246. The molecule has 18 heavy (non-hydrogen) atoms. The normalized spacial score (nSPS) is 11.5. The molecule has 0 aliphatic heterocycles. The van der Waals surface area contributed by atoms with Crippen LogP contribution in [0.3, 0.4) is 0 Å². The van der Waals surface area contributed by atoms with Gasteiger partial charge in [-0.3, -0.25) is 4.79 Å². The molecule has 1 N–H and O–H groups in total. The number of carbonyl (C=O) groups is 1. The summed E-state index contributed by atoms with van der Waals surface area (Å²) >= 11 is 5.48. The second-order valence-electron chi connectivity index (χ2n) is 3.93. The molecule has 0 radical (unpaired) electrons. The lowest BCUT2D eigenvalue weighted by Crippen LogP contribution is -2.35. The molecular weight excluding hydrogens is 276 g/mol. The monoisotopic (exact) mass is 298 g/mol. The average Bonchev–Trinajstić information content (AvgIpc) is 2.30. The molecule has 0 aromatic heterocycles. The van der Waals surface area contributed by atoms with Crippen LogP contribution in [0.15, 0.2) is 0 Å². The lowest BCUT2D eigenvalue weighted by Gasteiger charge is -2.18. The second kappa shape index (κ2) is 9.58. The Morgan fingerprint density at radius 3 is 2.33 bits per heavy atom. The number of nitrogens with zero attached hydrogens (tertiary/aromatic N) is 1. The highest BCUT2D eigenvalue weighted by Crippen LogP contribution is 1.98. The van der Waals surface area contributed by atoms with Crippen molar-refractivity contribution in [2.45, 2.75) is 33.1 Å². The number of halogens is 1. The average molecular weight is 299 g/mol. The molecule has 108 valence electrons. The van der Waals surface area contributed by atoms with Crippen LogP contribution in [-0.2, 0) is 14.8 Å². The first kappa shape index (κ1) is 17.7. The molecule has 0 fully saturated rings. The van der Waals surface area contributed by atoms with Crippen molar-refractivity contribution in [3.63, 3.8) is 0 Å². The maximum absolute atomic E-state index is 11.6. The molecule has 5 nitrogen and oxygen atoms in total. The van der Waals surface area contributed by atoms with Crippen molar-refractivity contribution in [2.75, 3.05) is 31.3 Å². The predicted molar refractivity (Wildman–Crippen MR) is 74.3 cm³/mol. The van der Waals surface area contributed by atoms with Crippen molar-refractivity contribution in [2.24, 2.45) is 0 Å². The largest absolute Gasteiger partial charge is 0.343 e. The predicted octanol–water partition coefficient (Wildman–Crippen LogP) is 1.18. The number of carbonyl (C=O) groups excluding carboxylic acids is 1. The molecule has 0 atom stereocenters. The van der Waals surface area contributed by atoms with Gasteiger partial charge in [0.15, 0.2) is 0 Å². The molecule has 0 saturated heterocycles. The van der Waals surface area contributed by atoms with E-state index in [1.807, 2.05) is 13.8 Å². The van der Waals surface area contributed by atoms with E-state index < -0.39 is 10.0 Å². The van der Waals surface area contributed by atoms with Gasteiger partial charge in [0.2, 0.25) is 15.9 Å². The number of sulfonamides is 1. The molecule has 0 bridgehead atoms. The van der Waals surface area contributed by atoms with Gasteiger partial charge < -0.3 is 4.90 Å². The van der Waals surface area contributed by atoms with Gasteiger partial charge in [0.25, 0.3) is 0 Å². The summed E-state index contributed by atoms with van der Waals surface area (Å²) in [5.74, 6) is 0.512. The van der Waals surface area contributed by atoms with E-state index in [0.717, 1.165) is 0 Å². The molecule has 0 rings (SSSR count). The minimum atomic E-state index is -3.27. The third-order valence-corrected chi connectivity index (χ3v) is 4.31. The Balaban J connectivity index is 3.92. The van der Waals surface area contributed by atoms with E-state index in [-0.39, 0.29) is 24.6 Å². The molecule has 0 aromatic carbocycles. The molecule has 7 heteroatoms. The quantitative estimate of drug-likeness (QED) is 0.486. The van der Waals surface area contributed by atoms with Gasteiger partial charge >= 0.3 is 0 Å². The Hall–Kier alpha value is -0.330. The highest BCUT2D eigenvalue weighted by molar-refractivity contribution is 7.89. The number of hydrogen-bond acceptors (Lipinski definition) is 3. The Morgan fingerprint density at radius 2 is 1.83 bits per heavy atom. The molecule has 1 amide bonds. The van der Waals surface area contributed by atoms with Gasteiger partial charge in [0, 0.05) is 31.9 Å². The summed E-state index contributed by atoms with van der Waals surface area (Å²) in [5.41, 5.74) is 0. The van der Waals surface area contributed by atoms with Gasteiger partial charge in [-0.2, -0.15) is 0 Å². The summed E-state index contributed by atoms with van der Waals surface area (Å²) in [4.78, 5) is 13.3. The topological polar surface area (TPSA) is 66.5 Å². The SMILES string of the molecule is CCN(CC)C(=O)CCNS(=O)(=O)CCCCCl. The zero-order chi connectivity index (χ0) is 14.0. The number of rotatable bonds is 10. The van der Waals surface area contributed by atoms with Crippen LogP contribution < -0.4 is 4.72 Å². The Morgan fingerprint density at radius 1 is 1.22 bits per heavy atom. The van der Waals surface area contributed by atoms with Gasteiger partial charge in [-0.05, 0) is 26.7 Å². The smallest absolute Gasteiger partial charge is 0.223 e. The van der Waals surface area contributed by atoms with Crippen molar-refractivity contribution in [3.05, 3.63) is 0 Å². The van der Waals surface area contributed by atoms with Crippen molar-refractivity contribution < 1.29 is 13.2 Å². The van der Waals surface area contributed by atoms with Crippen LogP contribution in [0.1, 0.15) is 33.1 Å². The standard InChI is InChI=1S/C11H23ClN2O3S/c1-3-14(4-2)11(15)7-9-13-18(16,17)10-6-5-8-12/h13H,3-10H2,1-2H3. The van der Waals surface area contributed by atoms with E-state index in [1.54, 1.807) is 4.90 Å². The van der Waals surface area contributed by atoms with Crippen LogP contribution in [0.25, 0.3) is 0 Å². The van der Waals surface area contributed by atoms with Crippen molar-refractivity contribution in [1.82, 2.24) is 9.62 Å². The number of nitrogens with one attached hydrogen (secondary N) is 1. The van der Waals surface area contributed by atoms with E-state index in [2.05, 4.69) is 4.72 Å². The summed E-state index contributed by atoms with van der Waals surface area (Å²) in [6.07, 6.45) is 1.43. The summed E-state index contributed by atoms with van der Waals surface area (Å²) in [6, 6.07) is 0. The lowest BCUT2D eigenvalue weighted by molar-refractivity contribution is -0.130. The van der Waals surface area contributed by atoms with E-state index in [4.69, 9.17) is 11.6 Å². The van der Waals surface area contributed by atoms with Gasteiger partial charge in [0.1, 0.15) is 0 Å². The fourth-order valence-corrected chi connectivity index (χ4v) is 2.84. The maximum Gasteiger partial charge on any atom is 0.223 e. The third-order valence-electron chi connectivity index (χ3n) is 2.57. The zero-order valence-electron chi connectivity index (χ0n) is 11.1. The zero-order valence-corrected chi connectivity index (χ0v) is 12.7. The summed E-state index contributed by atoms with van der Waals surface area (Å²) in [5, 5.41) is 0. The van der Waals surface area contributed by atoms with Crippen LogP contribution in [0.4, 0.5) is 0 Å². The van der Waals surface area contributed by atoms with E-state index in [0.29, 0.717) is 31.8 Å². The summed E-state index contributed by atoms with van der Waals surface area (Å²) in [6.45, 7) is 5.27. The number of hydrogen-bond donors (Lipinski definition) is 1. The van der Waals surface area contributed by atoms with Crippen LogP contribution >= 0.6 is 11.6 Å². The minimum Gasteiger partial charge on any atom is -0.343 e. The fourth-order valence-electron chi connectivity index (χ4n) is 1.51. The van der Waals surface area contributed by atoms with Crippen molar-refractivity contribution >= 4 is 27.5 Å².